The van der Waals surface area contributed by atoms with Gasteiger partial charge in [-0.25, -0.2) is 4.57 Å². The fraction of sp³-hybridized carbons (Fsp3) is 0.250. The number of benzene rings is 2. The monoisotopic (exact) mass is 292 g/mol. The summed E-state index contributed by atoms with van der Waals surface area (Å²) in [5, 5.41) is 2.53. The van der Waals surface area contributed by atoms with Crippen LogP contribution in [0.5, 0.6) is 5.75 Å². The molecule has 112 valence electrons. The fourth-order valence-corrected chi connectivity index (χ4v) is 2.82. The van der Waals surface area contributed by atoms with Gasteiger partial charge in [0.05, 0.1) is 17.6 Å². The van der Waals surface area contributed by atoms with E-state index in [1.54, 1.807) is 0 Å². The van der Waals surface area contributed by atoms with Crippen LogP contribution in [0.15, 0.2) is 54.7 Å². The molecule has 0 fully saturated rings. The second-order valence-corrected chi connectivity index (χ2v) is 5.69. The Morgan fingerprint density at radius 3 is 2.68 bits per heavy atom. The molecule has 0 unspecified atom stereocenters. The molecule has 2 heteroatoms. The lowest BCUT2D eigenvalue weighted by atomic mass is 9.99. The Morgan fingerprint density at radius 2 is 1.86 bits per heavy atom. The van der Waals surface area contributed by atoms with E-state index in [0.29, 0.717) is 0 Å². The highest BCUT2D eigenvalue weighted by molar-refractivity contribution is 5.93. The van der Waals surface area contributed by atoms with Gasteiger partial charge < -0.3 is 4.74 Å². The van der Waals surface area contributed by atoms with Gasteiger partial charge in [0.1, 0.15) is 12.8 Å². The molecular formula is C20H22NO+. The van der Waals surface area contributed by atoms with E-state index in [9.17, 15) is 0 Å². The summed E-state index contributed by atoms with van der Waals surface area (Å²) >= 11 is 0. The van der Waals surface area contributed by atoms with E-state index in [1.807, 2.05) is 0 Å². The van der Waals surface area contributed by atoms with Crippen LogP contribution in [0.25, 0.3) is 22.0 Å². The predicted octanol–water partition coefficient (Wildman–Crippen LogP) is 4.43. The number of nitrogens with zero attached hydrogens (tertiary/aromatic N) is 1. The first-order chi connectivity index (χ1) is 10.7. The van der Waals surface area contributed by atoms with Crippen molar-refractivity contribution in [3.8, 4) is 17.0 Å². The summed E-state index contributed by atoms with van der Waals surface area (Å²) in [4.78, 5) is 0. The smallest absolute Gasteiger partial charge is 0.220 e. The Kier molecular flexibility index (Phi) is 4.10. The maximum absolute atomic E-state index is 5.81. The van der Waals surface area contributed by atoms with E-state index < -0.39 is 0 Å². The molecule has 1 heterocycles. The van der Waals surface area contributed by atoms with Gasteiger partial charge in [0.2, 0.25) is 5.69 Å². The van der Waals surface area contributed by atoms with E-state index in [0.717, 1.165) is 18.8 Å². The van der Waals surface area contributed by atoms with Crippen LogP contribution in [0.3, 0.4) is 0 Å². The van der Waals surface area contributed by atoms with Crippen molar-refractivity contribution in [1.29, 1.82) is 0 Å². The topological polar surface area (TPSA) is 13.1 Å². The minimum Gasteiger partial charge on any atom is -0.494 e. The zero-order valence-electron chi connectivity index (χ0n) is 13.5. The van der Waals surface area contributed by atoms with Crippen molar-refractivity contribution in [3.05, 3.63) is 60.3 Å². The molecule has 0 amide bonds. The summed E-state index contributed by atoms with van der Waals surface area (Å²) in [6, 6.07) is 17.0. The number of fused-ring (bicyclic) bond motifs is 1. The summed E-state index contributed by atoms with van der Waals surface area (Å²) in [5.74, 6) is 0.940. The number of aryl methyl sites for hydroxylation is 2. The van der Waals surface area contributed by atoms with Crippen molar-refractivity contribution in [1.82, 2.24) is 0 Å². The molecule has 0 spiro atoms. The van der Waals surface area contributed by atoms with Crippen LogP contribution in [-0.2, 0) is 7.05 Å². The van der Waals surface area contributed by atoms with Crippen molar-refractivity contribution in [2.45, 2.75) is 20.3 Å². The van der Waals surface area contributed by atoms with Crippen LogP contribution in [0.1, 0.15) is 18.9 Å². The molecule has 2 nitrogen and oxygen atoms in total. The van der Waals surface area contributed by atoms with Gasteiger partial charge in [0, 0.05) is 6.07 Å². The third kappa shape index (κ3) is 2.69. The predicted molar refractivity (Wildman–Crippen MR) is 91.1 cm³/mol. The van der Waals surface area contributed by atoms with Gasteiger partial charge in [-0.3, -0.25) is 0 Å². The first-order valence-corrected chi connectivity index (χ1v) is 7.82. The fourth-order valence-electron chi connectivity index (χ4n) is 2.82. The molecule has 1 aromatic heterocycles. The first kappa shape index (κ1) is 14.6. The third-order valence-electron chi connectivity index (χ3n) is 3.98. The number of hydrogen-bond acceptors (Lipinski definition) is 1. The minimum atomic E-state index is 0.754. The highest BCUT2D eigenvalue weighted by Gasteiger charge is 2.17. The Morgan fingerprint density at radius 1 is 1.05 bits per heavy atom. The Hall–Kier alpha value is -2.35. The molecule has 0 radical (unpaired) electrons. The van der Waals surface area contributed by atoms with Gasteiger partial charge in [-0.15, -0.1) is 0 Å². The van der Waals surface area contributed by atoms with E-state index in [-0.39, 0.29) is 0 Å². The van der Waals surface area contributed by atoms with Crippen molar-refractivity contribution >= 4 is 10.8 Å². The molecule has 0 aliphatic rings. The summed E-state index contributed by atoms with van der Waals surface area (Å²) in [5.41, 5.74) is 3.72. The lowest BCUT2D eigenvalue weighted by Gasteiger charge is -2.10. The van der Waals surface area contributed by atoms with E-state index >= 15 is 0 Å². The van der Waals surface area contributed by atoms with E-state index in [1.165, 1.54) is 27.6 Å². The van der Waals surface area contributed by atoms with Gasteiger partial charge in [-0.1, -0.05) is 31.2 Å². The zero-order valence-corrected chi connectivity index (χ0v) is 13.5. The average molecular weight is 292 g/mol. The second kappa shape index (κ2) is 6.18. The number of hydrogen-bond donors (Lipinski definition) is 0. The van der Waals surface area contributed by atoms with Crippen molar-refractivity contribution in [2.24, 2.45) is 7.05 Å². The molecular weight excluding hydrogens is 270 g/mol. The molecule has 3 aromatic rings. The molecule has 0 saturated heterocycles. The largest absolute Gasteiger partial charge is 0.494 e. The Labute approximate surface area is 132 Å². The first-order valence-electron chi connectivity index (χ1n) is 7.82. The summed E-state index contributed by atoms with van der Waals surface area (Å²) in [6.45, 7) is 5.03. The van der Waals surface area contributed by atoms with Crippen molar-refractivity contribution < 1.29 is 9.30 Å². The van der Waals surface area contributed by atoms with Crippen molar-refractivity contribution in [3.63, 3.8) is 0 Å². The van der Waals surface area contributed by atoms with Gasteiger partial charge in [-0.2, -0.15) is 0 Å². The van der Waals surface area contributed by atoms with E-state index in [4.69, 9.17) is 4.74 Å². The molecule has 22 heavy (non-hydrogen) atoms. The number of aromatic nitrogens is 1. The van der Waals surface area contributed by atoms with Gasteiger partial charge >= 0.3 is 0 Å². The quantitative estimate of drug-likeness (QED) is 0.648. The summed E-state index contributed by atoms with van der Waals surface area (Å²) < 4.78 is 8.00. The Balaban J connectivity index is 2.20. The Bertz CT molecular complexity index is 808. The highest BCUT2D eigenvalue weighted by Crippen LogP contribution is 2.30. The average Bonchev–Trinajstić information content (AvgIpc) is 2.54. The van der Waals surface area contributed by atoms with E-state index in [2.05, 4.69) is 80.2 Å². The lowest BCUT2D eigenvalue weighted by Crippen LogP contribution is -2.30. The lowest BCUT2D eigenvalue weighted by molar-refractivity contribution is -0.659. The van der Waals surface area contributed by atoms with Crippen molar-refractivity contribution in [2.75, 3.05) is 6.61 Å². The third-order valence-corrected chi connectivity index (χ3v) is 3.98. The van der Waals surface area contributed by atoms with Gasteiger partial charge in [0.15, 0.2) is 6.20 Å². The standard InChI is InChI=1S/C20H22NO/c1-4-13-22-17-10-9-15(2)19(14-17)20-18-8-6-5-7-16(18)11-12-21(20)3/h5-12,14H,4,13H2,1-3H3/q+1. The normalized spacial score (nSPS) is 10.9. The maximum atomic E-state index is 5.81. The molecule has 0 saturated carbocycles. The highest BCUT2D eigenvalue weighted by atomic mass is 16.5. The molecule has 0 aliphatic carbocycles. The van der Waals surface area contributed by atoms with Gasteiger partial charge in [-0.05, 0) is 42.5 Å². The minimum absolute atomic E-state index is 0.754. The molecule has 3 rings (SSSR count). The molecule has 0 bridgehead atoms. The zero-order chi connectivity index (χ0) is 15.5. The van der Waals surface area contributed by atoms with Gasteiger partial charge in [0.25, 0.3) is 0 Å². The van der Waals surface area contributed by atoms with Crippen LogP contribution >= 0.6 is 0 Å². The summed E-state index contributed by atoms with van der Waals surface area (Å²) in [6.07, 6.45) is 3.14. The summed E-state index contributed by atoms with van der Waals surface area (Å²) in [7, 11) is 2.10. The maximum Gasteiger partial charge on any atom is 0.220 e. The van der Waals surface area contributed by atoms with Crippen LogP contribution in [0.4, 0.5) is 0 Å². The number of pyridine rings is 1. The second-order valence-electron chi connectivity index (χ2n) is 5.69. The molecule has 0 N–H and O–H groups in total. The van der Waals surface area contributed by atoms with Crippen LogP contribution in [0.2, 0.25) is 0 Å². The molecule has 2 aromatic carbocycles. The van der Waals surface area contributed by atoms with Crippen LogP contribution in [-0.4, -0.2) is 6.61 Å². The number of rotatable bonds is 4. The molecule has 0 atom stereocenters. The number of ether oxygens (including phenoxy) is 1. The molecule has 0 aliphatic heterocycles. The van der Waals surface area contributed by atoms with Crippen LogP contribution in [0, 0.1) is 6.92 Å². The van der Waals surface area contributed by atoms with Crippen LogP contribution < -0.4 is 9.30 Å². The SMILES string of the molecule is CCCOc1ccc(C)c(-c2c3ccccc3cc[n+]2C)c1.